The number of rotatable bonds is 0. The molecule has 4 N–H and O–H groups in total. The van der Waals surface area contributed by atoms with Gasteiger partial charge in [-0.15, -0.1) is 0 Å². The fraction of sp³-hybridized carbons (Fsp3) is 0. The second kappa shape index (κ2) is 36.6. The molecule has 0 fully saturated rings. The Kier molecular flexibility index (Phi) is 103. The largest absolute Gasteiger partial charge is 4.00 e. The molecule has 16 heavy (non-hydrogen) atoms. The Morgan fingerprint density at radius 3 is 0.500 bits per heavy atom. The minimum Gasteiger partial charge on any atom is -0.693 e. The Morgan fingerprint density at radius 1 is 0.500 bits per heavy atom. The Hall–Kier alpha value is -0.504. The summed E-state index contributed by atoms with van der Waals surface area (Å²) in [6.45, 7) is 0. The first kappa shape index (κ1) is 45.1. The zero-order valence-corrected chi connectivity index (χ0v) is 12.2. The van der Waals surface area contributed by atoms with Crippen molar-refractivity contribution in [2.45, 2.75) is 0 Å². The van der Waals surface area contributed by atoms with E-state index in [0.717, 1.165) is 0 Å². The predicted molar refractivity (Wildman–Crippen MR) is 26.8 cm³/mol. The summed E-state index contributed by atoms with van der Waals surface area (Å²) >= 11 is 0. The first-order valence-corrected chi connectivity index (χ1v) is 1.84. The van der Waals surface area contributed by atoms with Crippen molar-refractivity contribution in [1.29, 1.82) is 0 Å². The van der Waals surface area contributed by atoms with Crippen LogP contribution in [0, 0.1) is 0 Å². The molecule has 0 saturated carbocycles. The van der Waals surface area contributed by atoms with Gasteiger partial charge in [-0.05, 0) is 18.5 Å². The molecule has 0 bridgehead atoms. The van der Waals surface area contributed by atoms with Crippen LogP contribution in [0.2, 0.25) is 0 Å². The van der Waals surface area contributed by atoms with Gasteiger partial charge in [-0.1, -0.05) is 0 Å². The Bertz CT molecular complexity index is 124. The summed E-state index contributed by atoms with van der Waals surface area (Å²) in [7, 11) is 0. The van der Waals surface area contributed by atoms with Crippen molar-refractivity contribution in [3.8, 4) is 0 Å². The third-order valence-corrected chi connectivity index (χ3v) is 0. The van der Waals surface area contributed by atoms with Crippen LogP contribution in [0.4, 0.5) is 14.4 Å². The predicted octanol–water partition coefficient (Wildman–Crippen LogP) is -5.91. The molecule has 0 heterocycles. The van der Waals surface area contributed by atoms with Crippen LogP contribution in [0.1, 0.15) is 0 Å². The van der Waals surface area contributed by atoms with Gasteiger partial charge in [-0.2, -0.15) is 0 Å². The second-order valence-corrected chi connectivity index (χ2v) is 0.750. The van der Waals surface area contributed by atoms with E-state index in [4.69, 9.17) is 45.0 Å². The molecule has 0 rings (SSSR count). The number of carbonyl (C=O) groups is 3. The van der Waals surface area contributed by atoms with Crippen LogP contribution < -0.4 is 30.6 Å². The second-order valence-electron chi connectivity index (χ2n) is 0.750. The molecule has 0 aliphatic heterocycles. The fourth-order valence-corrected chi connectivity index (χ4v) is 0. The molecule has 0 aliphatic rings. The van der Waals surface area contributed by atoms with E-state index in [0.29, 0.717) is 0 Å². The summed E-state index contributed by atoms with van der Waals surface area (Å²) in [6, 6.07) is 0. The van der Waals surface area contributed by atoms with Gasteiger partial charge in [0.05, 0.1) is 0 Å². The van der Waals surface area contributed by atoms with E-state index in [2.05, 4.69) is 0 Å². The standard InChI is InChI=1S/3CH2O3.2H2N.2Zr/c3*2-1(3)4;;;;/h3*(H2,2,3,4);2*1H2;;/q;;;2*-1;2*+4/p-6. The quantitative estimate of drug-likeness (QED) is 0.378. The van der Waals surface area contributed by atoms with Crippen LogP contribution in [0.15, 0.2) is 0 Å². The van der Waals surface area contributed by atoms with Gasteiger partial charge in [0.15, 0.2) is 0 Å². The van der Waals surface area contributed by atoms with E-state index in [1.165, 1.54) is 0 Å². The molecular formula is C3H4N2O9Zr2. The number of carboxylic acid groups (broad SMARTS) is 6. The summed E-state index contributed by atoms with van der Waals surface area (Å²) in [4.78, 5) is 25.0. The summed E-state index contributed by atoms with van der Waals surface area (Å²) in [5.74, 6) is 0. The van der Waals surface area contributed by atoms with Crippen LogP contribution in [-0.2, 0) is 52.4 Å². The molecule has 0 saturated heterocycles. The molecule has 13 heteroatoms. The fourth-order valence-electron chi connectivity index (χ4n) is 0. The monoisotopic (exact) mass is 392 g/mol. The molecule has 11 nitrogen and oxygen atoms in total. The molecule has 0 radical (unpaired) electrons. The Labute approximate surface area is 127 Å². The van der Waals surface area contributed by atoms with Crippen molar-refractivity contribution < 1.29 is 97.4 Å². The van der Waals surface area contributed by atoms with Crippen LogP contribution in [0.25, 0.3) is 12.3 Å². The van der Waals surface area contributed by atoms with Crippen molar-refractivity contribution in [2.24, 2.45) is 0 Å². The summed E-state index contributed by atoms with van der Waals surface area (Å²) < 4.78 is 0. The Morgan fingerprint density at radius 2 is 0.500 bits per heavy atom. The molecule has 0 unspecified atom stereocenters. The molecule has 0 aromatic heterocycles. The van der Waals surface area contributed by atoms with Crippen LogP contribution in [-0.4, -0.2) is 18.5 Å². The molecule has 0 spiro atoms. The first-order chi connectivity index (χ1) is 5.20. The maximum absolute atomic E-state index is 8.33. The van der Waals surface area contributed by atoms with Crippen LogP contribution >= 0.6 is 0 Å². The van der Waals surface area contributed by atoms with Crippen molar-refractivity contribution >= 4 is 18.5 Å². The van der Waals surface area contributed by atoms with Gasteiger partial charge in [0.1, 0.15) is 0 Å². The molecule has 0 aromatic carbocycles. The zero-order valence-electron chi connectivity index (χ0n) is 7.33. The van der Waals surface area contributed by atoms with E-state index < -0.39 is 18.5 Å². The maximum Gasteiger partial charge on any atom is 4.00 e. The van der Waals surface area contributed by atoms with Crippen molar-refractivity contribution in [2.75, 3.05) is 0 Å². The average molecular weight is 395 g/mol. The van der Waals surface area contributed by atoms with Gasteiger partial charge in [-0.25, -0.2) is 0 Å². The number of hydrogen-bond acceptors (Lipinski definition) is 9. The number of hydrogen-bond donors (Lipinski definition) is 0. The molecule has 0 amide bonds. The summed E-state index contributed by atoms with van der Waals surface area (Å²) in [5.41, 5.74) is 0. The summed E-state index contributed by atoms with van der Waals surface area (Å²) in [6.07, 6.45) is -7.00. The van der Waals surface area contributed by atoms with Gasteiger partial charge in [0.2, 0.25) is 0 Å². The SMILES string of the molecule is O=C([O-])[O-].O=C([O-])[O-].O=C([O-])[O-].[NH2-].[NH2-].[Zr+4].[Zr+4]. The Balaban J connectivity index is -0.0000000135. The summed E-state index contributed by atoms with van der Waals surface area (Å²) in [5, 5.41) is 50.0. The molecule has 0 aliphatic carbocycles. The van der Waals surface area contributed by atoms with Gasteiger partial charge < -0.3 is 57.3 Å². The van der Waals surface area contributed by atoms with Gasteiger partial charge in [0, 0.05) is 0 Å². The van der Waals surface area contributed by atoms with Gasteiger partial charge in [-0.3, -0.25) is 0 Å². The van der Waals surface area contributed by atoms with Gasteiger partial charge >= 0.3 is 52.4 Å². The molecule has 88 valence electrons. The van der Waals surface area contributed by atoms with Crippen molar-refractivity contribution in [1.82, 2.24) is 0 Å². The third kappa shape index (κ3) is 8300. The maximum atomic E-state index is 8.33. The third-order valence-electron chi connectivity index (χ3n) is 0. The van der Waals surface area contributed by atoms with Crippen molar-refractivity contribution in [3.05, 3.63) is 12.3 Å². The minimum absolute atomic E-state index is 0. The van der Waals surface area contributed by atoms with E-state index >= 15 is 0 Å². The normalized spacial score (nSPS) is 4.50. The molecule has 0 atom stereocenters. The van der Waals surface area contributed by atoms with E-state index in [1.54, 1.807) is 0 Å². The average Bonchev–Trinajstić information content (AvgIpc) is 1.54. The van der Waals surface area contributed by atoms with E-state index in [-0.39, 0.29) is 64.7 Å². The first-order valence-electron chi connectivity index (χ1n) is 1.84. The van der Waals surface area contributed by atoms with E-state index in [1.807, 2.05) is 0 Å². The van der Waals surface area contributed by atoms with E-state index in [9.17, 15) is 0 Å². The smallest absolute Gasteiger partial charge is 0.693 e. The van der Waals surface area contributed by atoms with Crippen LogP contribution in [0.5, 0.6) is 0 Å². The number of carbonyl (C=O) groups excluding carboxylic acids is 3. The van der Waals surface area contributed by atoms with Gasteiger partial charge in [0.25, 0.3) is 0 Å². The van der Waals surface area contributed by atoms with Crippen molar-refractivity contribution in [3.63, 3.8) is 0 Å². The number of nitrogens with two attached hydrogens (primary N) is 2. The minimum atomic E-state index is -2.33. The topological polar surface area (TPSA) is 257 Å². The zero-order chi connectivity index (χ0) is 10.7. The molecule has 0 aromatic rings. The molecular weight excluding hydrogens is 390 g/mol. The van der Waals surface area contributed by atoms with Crippen LogP contribution in [0.3, 0.4) is 0 Å².